The van der Waals surface area contributed by atoms with Gasteiger partial charge in [0.15, 0.2) is 0 Å². The van der Waals surface area contributed by atoms with Crippen molar-refractivity contribution in [2.45, 2.75) is 25.9 Å². The molecule has 0 heterocycles. The third-order valence-corrected chi connectivity index (χ3v) is 4.54. The Morgan fingerprint density at radius 1 is 0.923 bits per heavy atom. The highest BCUT2D eigenvalue weighted by Crippen LogP contribution is 2.23. The van der Waals surface area contributed by atoms with E-state index in [1.165, 1.54) is 16.7 Å². The molecule has 0 bridgehead atoms. The molecule has 0 aliphatic carbocycles. The summed E-state index contributed by atoms with van der Waals surface area (Å²) in [4.78, 5) is 0. The van der Waals surface area contributed by atoms with Crippen molar-refractivity contribution in [3.8, 4) is 11.5 Å². The average molecular weight is 347 g/mol. The molecule has 0 aromatic heterocycles. The number of rotatable bonds is 7. The van der Waals surface area contributed by atoms with Gasteiger partial charge in [-0.05, 0) is 60.8 Å². The van der Waals surface area contributed by atoms with Gasteiger partial charge in [-0.25, -0.2) is 0 Å². The van der Waals surface area contributed by atoms with Gasteiger partial charge >= 0.3 is 0 Å². The Labute approximate surface area is 155 Å². The van der Waals surface area contributed by atoms with Gasteiger partial charge in [0.25, 0.3) is 0 Å². The van der Waals surface area contributed by atoms with Crippen LogP contribution in [-0.2, 0) is 13.0 Å². The van der Waals surface area contributed by atoms with Crippen molar-refractivity contribution in [1.29, 1.82) is 0 Å². The molecule has 134 valence electrons. The molecule has 0 spiro atoms. The van der Waals surface area contributed by atoms with E-state index in [-0.39, 0.29) is 11.7 Å². The molecule has 3 rings (SSSR count). The van der Waals surface area contributed by atoms with Gasteiger partial charge in [0.1, 0.15) is 18.1 Å². The second-order valence-electron chi connectivity index (χ2n) is 6.65. The zero-order valence-electron chi connectivity index (χ0n) is 15.1. The van der Waals surface area contributed by atoms with Crippen LogP contribution in [0, 0.1) is 6.92 Å². The molecule has 3 heteroatoms. The number of aromatic hydroxyl groups is 1. The number of hydrogen-bond donors (Lipinski definition) is 2. The predicted octanol–water partition coefficient (Wildman–Crippen LogP) is 4.56. The molecule has 0 saturated heterocycles. The van der Waals surface area contributed by atoms with Gasteiger partial charge in [0, 0.05) is 5.92 Å². The number of phenolic OH excluding ortho intramolecular Hbond substituents is 1. The smallest absolute Gasteiger partial charge is 0.119 e. The van der Waals surface area contributed by atoms with Gasteiger partial charge in [-0.1, -0.05) is 54.1 Å². The maximum absolute atomic E-state index is 9.43. The quantitative estimate of drug-likeness (QED) is 0.658. The Hall–Kier alpha value is -2.78. The SMILES string of the molecule is Cc1cccc(COc2ccc(CC(CN)c3ccc(O)cc3)cc2)c1. The Morgan fingerprint density at radius 3 is 2.31 bits per heavy atom. The van der Waals surface area contributed by atoms with E-state index in [0.717, 1.165) is 17.7 Å². The third kappa shape index (κ3) is 4.87. The molecule has 0 aliphatic rings. The summed E-state index contributed by atoms with van der Waals surface area (Å²) >= 11 is 0. The lowest BCUT2D eigenvalue weighted by molar-refractivity contribution is 0.306. The first-order valence-corrected chi connectivity index (χ1v) is 8.90. The van der Waals surface area contributed by atoms with Crippen molar-refractivity contribution >= 4 is 0 Å². The first-order chi connectivity index (χ1) is 12.6. The molecule has 1 atom stereocenters. The molecule has 0 fully saturated rings. The van der Waals surface area contributed by atoms with Gasteiger partial charge in [-0.15, -0.1) is 0 Å². The highest BCUT2D eigenvalue weighted by Gasteiger charge is 2.11. The standard InChI is InChI=1S/C23H25NO2/c1-17-3-2-4-19(13-17)16-26-23-11-5-18(6-12-23)14-21(15-24)20-7-9-22(25)10-8-20/h2-13,21,25H,14-16,24H2,1H3. The van der Waals surface area contributed by atoms with E-state index in [1.54, 1.807) is 12.1 Å². The van der Waals surface area contributed by atoms with Gasteiger partial charge in [0.05, 0.1) is 0 Å². The lowest BCUT2D eigenvalue weighted by atomic mass is 9.92. The van der Waals surface area contributed by atoms with E-state index in [2.05, 4.69) is 37.3 Å². The van der Waals surface area contributed by atoms with Gasteiger partial charge in [0.2, 0.25) is 0 Å². The summed E-state index contributed by atoms with van der Waals surface area (Å²) in [5.74, 6) is 1.37. The summed E-state index contributed by atoms with van der Waals surface area (Å²) in [6.07, 6.45) is 0.861. The van der Waals surface area contributed by atoms with E-state index in [9.17, 15) is 5.11 Å². The van der Waals surface area contributed by atoms with E-state index >= 15 is 0 Å². The van der Waals surface area contributed by atoms with Crippen molar-refractivity contribution in [3.05, 3.63) is 95.1 Å². The summed E-state index contributed by atoms with van der Waals surface area (Å²) in [6.45, 7) is 3.22. The number of ether oxygens (including phenoxy) is 1. The van der Waals surface area contributed by atoms with E-state index in [0.29, 0.717) is 13.2 Å². The average Bonchev–Trinajstić information content (AvgIpc) is 2.66. The van der Waals surface area contributed by atoms with Crippen LogP contribution >= 0.6 is 0 Å². The maximum Gasteiger partial charge on any atom is 0.119 e. The molecule has 0 aliphatic heterocycles. The van der Waals surface area contributed by atoms with Crippen LogP contribution in [0.25, 0.3) is 0 Å². The number of hydrogen-bond acceptors (Lipinski definition) is 3. The summed E-state index contributed by atoms with van der Waals surface area (Å²) in [5.41, 5.74) is 10.7. The van der Waals surface area contributed by atoms with Crippen molar-refractivity contribution in [2.24, 2.45) is 5.73 Å². The first kappa shape index (κ1) is 18.0. The summed E-state index contributed by atoms with van der Waals surface area (Å²) in [6, 6.07) is 23.8. The molecule has 3 aromatic carbocycles. The lowest BCUT2D eigenvalue weighted by Gasteiger charge is -2.16. The van der Waals surface area contributed by atoms with E-state index in [4.69, 9.17) is 10.5 Å². The summed E-state index contributed by atoms with van der Waals surface area (Å²) in [5, 5.41) is 9.43. The molecule has 3 nitrogen and oxygen atoms in total. The second kappa shape index (κ2) is 8.54. The van der Waals surface area contributed by atoms with Crippen LogP contribution < -0.4 is 10.5 Å². The number of nitrogens with two attached hydrogens (primary N) is 1. The molecule has 0 radical (unpaired) electrons. The minimum Gasteiger partial charge on any atom is -0.508 e. The van der Waals surface area contributed by atoms with Crippen LogP contribution in [0.1, 0.15) is 28.2 Å². The molecular weight excluding hydrogens is 322 g/mol. The number of benzene rings is 3. The Morgan fingerprint density at radius 2 is 1.65 bits per heavy atom. The van der Waals surface area contributed by atoms with Crippen LogP contribution in [0.5, 0.6) is 11.5 Å². The molecular formula is C23H25NO2. The monoisotopic (exact) mass is 347 g/mol. The van der Waals surface area contributed by atoms with Crippen LogP contribution in [0.15, 0.2) is 72.8 Å². The highest BCUT2D eigenvalue weighted by molar-refractivity contribution is 5.32. The zero-order chi connectivity index (χ0) is 18.4. The minimum absolute atomic E-state index is 0.231. The normalized spacial score (nSPS) is 11.9. The number of phenols is 1. The van der Waals surface area contributed by atoms with Gasteiger partial charge < -0.3 is 15.6 Å². The fraction of sp³-hybridized carbons (Fsp3) is 0.217. The predicted molar refractivity (Wildman–Crippen MR) is 106 cm³/mol. The fourth-order valence-corrected chi connectivity index (χ4v) is 3.06. The fourth-order valence-electron chi connectivity index (χ4n) is 3.06. The lowest BCUT2D eigenvalue weighted by Crippen LogP contribution is -2.15. The topological polar surface area (TPSA) is 55.5 Å². The van der Waals surface area contributed by atoms with Gasteiger partial charge in [-0.2, -0.15) is 0 Å². The van der Waals surface area contributed by atoms with Crippen LogP contribution in [-0.4, -0.2) is 11.7 Å². The minimum atomic E-state index is 0.231. The summed E-state index contributed by atoms with van der Waals surface area (Å²) < 4.78 is 5.88. The van der Waals surface area contributed by atoms with E-state index < -0.39 is 0 Å². The Balaban J connectivity index is 1.60. The van der Waals surface area contributed by atoms with Crippen LogP contribution in [0.4, 0.5) is 0 Å². The maximum atomic E-state index is 9.43. The van der Waals surface area contributed by atoms with Gasteiger partial charge in [-0.3, -0.25) is 0 Å². The number of aryl methyl sites for hydroxylation is 1. The molecule has 1 unspecified atom stereocenters. The Kier molecular flexibility index (Phi) is 5.92. The summed E-state index contributed by atoms with van der Waals surface area (Å²) in [7, 11) is 0. The van der Waals surface area contributed by atoms with Crippen molar-refractivity contribution in [2.75, 3.05) is 6.54 Å². The second-order valence-corrected chi connectivity index (χ2v) is 6.65. The van der Waals surface area contributed by atoms with Crippen molar-refractivity contribution in [3.63, 3.8) is 0 Å². The van der Waals surface area contributed by atoms with E-state index in [1.807, 2.05) is 30.3 Å². The van der Waals surface area contributed by atoms with Crippen LogP contribution in [0.2, 0.25) is 0 Å². The molecule has 26 heavy (non-hydrogen) atoms. The largest absolute Gasteiger partial charge is 0.508 e. The highest BCUT2D eigenvalue weighted by atomic mass is 16.5. The Bertz CT molecular complexity index is 826. The molecule has 3 aromatic rings. The molecule has 0 amide bonds. The first-order valence-electron chi connectivity index (χ1n) is 8.90. The molecule has 0 saturated carbocycles. The third-order valence-electron chi connectivity index (χ3n) is 4.54. The van der Waals surface area contributed by atoms with Crippen molar-refractivity contribution in [1.82, 2.24) is 0 Å². The van der Waals surface area contributed by atoms with Crippen molar-refractivity contribution < 1.29 is 9.84 Å². The van der Waals surface area contributed by atoms with Crippen LogP contribution in [0.3, 0.4) is 0 Å². The zero-order valence-corrected chi connectivity index (χ0v) is 15.1. The molecule has 3 N–H and O–H groups in total.